The molecule has 0 aliphatic heterocycles. The number of rotatable bonds is 6. The van der Waals surface area contributed by atoms with Crippen LogP contribution in [0.15, 0.2) is 63.9 Å². The van der Waals surface area contributed by atoms with Crippen LogP contribution in [0.4, 0.5) is 0 Å². The Kier molecular flexibility index (Phi) is 5.86. The SMILES string of the molecule is COC(=O)c1cc(-c2nnc(-c3cccc(S(C)(=O)=O)c3)o2)n(-c2ccccc2C(C)C)n1. The van der Waals surface area contributed by atoms with Gasteiger partial charge in [0.25, 0.3) is 5.89 Å². The number of aromatic nitrogens is 4. The molecule has 0 saturated carbocycles. The minimum atomic E-state index is -3.40. The molecule has 0 bridgehead atoms. The van der Waals surface area contributed by atoms with Gasteiger partial charge in [0.05, 0.1) is 17.7 Å². The van der Waals surface area contributed by atoms with Crippen LogP contribution in [-0.2, 0) is 14.6 Å². The Morgan fingerprint density at radius 3 is 2.45 bits per heavy atom. The van der Waals surface area contributed by atoms with E-state index < -0.39 is 15.8 Å². The van der Waals surface area contributed by atoms with Crippen molar-refractivity contribution in [3.8, 4) is 28.7 Å². The van der Waals surface area contributed by atoms with Gasteiger partial charge in [-0.3, -0.25) is 0 Å². The molecule has 0 aliphatic rings. The van der Waals surface area contributed by atoms with Crippen molar-refractivity contribution in [1.82, 2.24) is 20.0 Å². The molecule has 10 heteroatoms. The van der Waals surface area contributed by atoms with Gasteiger partial charge in [-0.25, -0.2) is 17.9 Å². The summed E-state index contributed by atoms with van der Waals surface area (Å²) in [5, 5.41) is 12.7. The monoisotopic (exact) mass is 466 g/mol. The van der Waals surface area contributed by atoms with E-state index in [-0.39, 0.29) is 28.3 Å². The number of benzene rings is 2. The first-order valence-electron chi connectivity index (χ1n) is 10.1. The first-order valence-corrected chi connectivity index (χ1v) is 12.0. The number of hydrogen-bond donors (Lipinski definition) is 0. The molecule has 4 rings (SSSR count). The second-order valence-corrected chi connectivity index (χ2v) is 9.76. The zero-order chi connectivity index (χ0) is 23.8. The molecule has 170 valence electrons. The maximum absolute atomic E-state index is 12.2. The second kappa shape index (κ2) is 8.62. The summed E-state index contributed by atoms with van der Waals surface area (Å²) < 4.78 is 36.1. The van der Waals surface area contributed by atoms with E-state index in [0.717, 1.165) is 17.5 Å². The van der Waals surface area contributed by atoms with E-state index in [1.807, 2.05) is 24.3 Å². The minimum Gasteiger partial charge on any atom is -0.464 e. The molecule has 0 saturated heterocycles. The predicted molar refractivity (Wildman–Crippen MR) is 121 cm³/mol. The minimum absolute atomic E-state index is 0.0879. The van der Waals surface area contributed by atoms with Crippen molar-refractivity contribution in [3.63, 3.8) is 0 Å². The molecule has 0 amide bonds. The van der Waals surface area contributed by atoms with Gasteiger partial charge < -0.3 is 9.15 Å². The Balaban J connectivity index is 1.85. The normalized spacial score (nSPS) is 11.7. The lowest BCUT2D eigenvalue weighted by Gasteiger charge is -2.13. The molecular weight excluding hydrogens is 444 g/mol. The summed E-state index contributed by atoms with van der Waals surface area (Å²) in [4.78, 5) is 12.3. The third-order valence-corrected chi connectivity index (χ3v) is 6.15. The second-order valence-electron chi connectivity index (χ2n) is 7.74. The van der Waals surface area contributed by atoms with Gasteiger partial charge in [-0.1, -0.05) is 38.1 Å². The number of sulfone groups is 1. The van der Waals surface area contributed by atoms with Crippen LogP contribution in [0.1, 0.15) is 35.8 Å². The van der Waals surface area contributed by atoms with E-state index >= 15 is 0 Å². The van der Waals surface area contributed by atoms with E-state index in [9.17, 15) is 13.2 Å². The summed E-state index contributed by atoms with van der Waals surface area (Å²) in [7, 11) is -2.12. The van der Waals surface area contributed by atoms with Crippen molar-refractivity contribution in [3.05, 3.63) is 65.9 Å². The number of nitrogens with zero attached hydrogens (tertiary/aromatic N) is 4. The highest BCUT2D eigenvalue weighted by Gasteiger charge is 2.23. The van der Waals surface area contributed by atoms with Gasteiger partial charge in [0.2, 0.25) is 5.89 Å². The molecule has 33 heavy (non-hydrogen) atoms. The van der Waals surface area contributed by atoms with Crippen LogP contribution in [0.2, 0.25) is 0 Å². The van der Waals surface area contributed by atoms with Crippen LogP contribution >= 0.6 is 0 Å². The third kappa shape index (κ3) is 4.42. The molecule has 0 N–H and O–H groups in total. The number of methoxy groups -OCH3 is 1. The van der Waals surface area contributed by atoms with E-state index in [2.05, 4.69) is 29.1 Å². The van der Waals surface area contributed by atoms with Crippen molar-refractivity contribution in [1.29, 1.82) is 0 Å². The van der Waals surface area contributed by atoms with Crippen molar-refractivity contribution < 1.29 is 22.4 Å². The molecule has 2 aromatic heterocycles. The predicted octanol–water partition coefficient (Wildman–Crippen LogP) is 3.90. The number of ether oxygens (including phenoxy) is 1. The Morgan fingerprint density at radius 1 is 1.03 bits per heavy atom. The quantitative estimate of drug-likeness (QED) is 0.393. The number of para-hydroxylation sites is 1. The Bertz CT molecular complexity index is 1440. The fourth-order valence-electron chi connectivity index (χ4n) is 3.39. The fraction of sp³-hybridized carbons (Fsp3) is 0.217. The van der Waals surface area contributed by atoms with Crippen molar-refractivity contribution in [2.45, 2.75) is 24.7 Å². The van der Waals surface area contributed by atoms with Crippen molar-refractivity contribution in [2.24, 2.45) is 0 Å². The molecule has 0 atom stereocenters. The average molecular weight is 467 g/mol. The van der Waals surface area contributed by atoms with Gasteiger partial charge >= 0.3 is 5.97 Å². The van der Waals surface area contributed by atoms with Crippen LogP contribution < -0.4 is 0 Å². The number of hydrogen-bond acceptors (Lipinski definition) is 8. The number of esters is 1. The molecule has 2 aromatic carbocycles. The summed E-state index contributed by atoms with van der Waals surface area (Å²) >= 11 is 0. The lowest BCUT2D eigenvalue weighted by Crippen LogP contribution is -2.07. The Morgan fingerprint density at radius 2 is 1.76 bits per heavy atom. The molecule has 4 aromatic rings. The summed E-state index contributed by atoms with van der Waals surface area (Å²) in [5.74, 6) is -0.148. The van der Waals surface area contributed by atoms with Crippen molar-refractivity contribution in [2.75, 3.05) is 13.4 Å². The molecule has 0 unspecified atom stereocenters. The molecule has 0 fully saturated rings. The van der Waals surface area contributed by atoms with Gasteiger partial charge in [0.15, 0.2) is 15.5 Å². The maximum atomic E-state index is 12.2. The first kappa shape index (κ1) is 22.4. The highest BCUT2D eigenvalue weighted by molar-refractivity contribution is 7.90. The summed E-state index contributed by atoms with van der Waals surface area (Å²) in [5.41, 5.74) is 2.72. The van der Waals surface area contributed by atoms with E-state index in [1.165, 1.54) is 25.3 Å². The third-order valence-electron chi connectivity index (χ3n) is 5.04. The highest BCUT2D eigenvalue weighted by Crippen LogP contribution is 2.30. The fourth-order valence-corrected chi connectivity index (χ4v) is 4.06. The number of carbonyl (C=O) groups is 1. The largest absolute Gasteiger partial charge is 0.464 e. The van der Waals surface area contributed by atoms with E-state index in [0.29, 0.717) is 11.3 Å². The first-order chi connectivity index (χ1) is 15.7. The summed E-state index contributed by atoms with van der Waals surface area (Å²) in [6, 6.07) is 15.5. The van der Waals surface area contributed by atoms with Crippen LogP contribution in [-0.4, -0.2) is 47.7 Å². The van der Waals surface area contributed by atoms with Gasteiger partial charge in [-0.15, -0.1) is 10.2 Å². The lowest BCUT2D eigenvalue weighted by atomic mass is 10.0. The zero-order valence-electron chi connectivity index (χ0n) is 18.5. The number of carbonyl (C=O) groups excluding carboxylic acids is 1. The molecular formula is C23H22N4O5S. The highest BCUT2D eigenvalue weighted by atomic mass is 32.2. The zero-order valence-corrected chi connectivity index (χ0v) is 19.3. The van der Waals surface area contributed by atoms with Gasteiger partial charge in [0, 0.05) is 17.9 Å². The topological polar surface area (TPSA) is 117 Å². The standard InChI is InChI=1S/C23H22N4O5S/c1-14(2)17-10-5-6-11-19(17)27-20(13-18(26-27)23(28)31-3)22-25-24-21(32-22)15-8-7-9-16(12-15)33(4,29)30/h5-14H,1-4H3. The molecule has 0 spiro atoms. The summed E-state index contributed by atoms with van der Waals surface area (Å²) in [6.07, 6.45) is 1.13. The molecule has 9 nitrogen and oxygen atoms in total. The molecule has 0 aliphatic carbocycles. The van der Waals surface area contributed by atoms with Crippen LogP contribution in [0.25, 0.3) is 28.7 Å². The van der Waals surface area contributed by atoms with E-state index in [1.54, 1.807) is 16.8 Å². The van der Waals surface area contributed by atoms with Gasteiger partial charge in [0.1, 0.15) is 5.69 Å². The van der Waals surface area contributed by atoms with Crippen LogP contribution in [0.5, 0.6) is 0 Å². The Hall–Kier alpha value is -3.79. The molecule has 2 heterocycles. The lowest BCUT2D eigenvalue weighted by molar-refractivity contribution is 0.0593. The smallest absolute Gasteiger partial charge is 0.358 e. The van der Waals surface area contributed by atoms with Crippen LogP contribution in [0, 0.1) is 0 Å². The van der Waals surface area contributed by atoms with Gasteiger partial charge in [-0.05, 0) is 35.7 Å². The van der Waals surface area contributed by atoms with Crippen molar-refractivity contribution >= 4 is 15.8 Å². The summed E-state index contributed by atoms with van der Waals surface area (Å²) in [6.45, 7) is 4.12. The maximum Gasteiger partial charge on any atom is 0.358 e. The molecule has 0 radical (unpaired) electrons. The Labute approximate surface area is 191 Å². The average Bonchev–Trinajstić information content (AvgIpc) is 3.45. The van der Waals surface area contributed by atoms with E-state index in [4.69, 9.17) is 9.15 Å². The van der Waals surface area contributed by atoms with Crippen LogP contribution in [0.3, 0.4) is 0 Å². The van der Waals surface area contributed by atoms with Gasteiger partial charge in [-0.2, -0.15) is 5.10 Å².